The fourth-order valence-corrected chi connectivity index (χ4v) is 2.77. The van der Waals surface area contributed by atoms with E-state index in [1.165, 1.54) is 12.7 Å². The van der Waals surface area contributed by atoms with Crippen molar-refractivity contribution >= 4 is 5.97 Å². The van der Waals surface area contributed by atoms with Crippen molar-refractivity contribution in [2.24, 2.45) is 5.92 Å². The van der Waals surface area contributed by atoms with Gasteiger partial charge in [0.25, 0.3) is 0 Å². The van der Waals surface area contributed by atoms with E-state index >= 15 is 0 Å². The number of benzene rings is 1. The van der Waals surface area contributed by atoms with Gasteiger partial charge in [-0.2, -0.15) is 0 Å². The van der Waals surface area contributed by atoms with E-state index in [0.29, 0.717) is 24.0 Å². The third-order valence-electron chi connectivity index (χ3n) is 3.89. The molecule has 0 aliphatic heterocycles. The van der Waals surface area contributed by atoms with Crippen molar-refractivity contribution in [1.82, 2.24) is 0 Å². The van der Waals surface area contributed by atoms with Gasteiger partial charge in [-0.3, -0.25) is 4.79 Å². The van der Waals surface area contributed by atoms with Gasteiger partial charge in [0.05, 0.1) is 7.11 Å². The van der Waals surface area contributed by atoms with Crippen LogP contribution < -0.4 is 0 Å². The van der Waals surface area contributed by atoms with Crippen LogP contribution in [0.1, 0.15) is 43.6 Å². The van der Waals surface area contributed by atoms with E-state index < -0.39 is 0 Å². The molecular weight excluding hydrogens is 228 g/mol. The molecule has 0 saturated heterocycles. The van der Waals surface area contributed by atoms with E-state index in [1.54, 1.807) is 12.1 Å². The topological polar surface area (TPSA) is 46.5 Å². The highest BCUT2D eigenvalue weighted by atomic mass is 16.5. The van der Waals surface area contributed by atoms with Gasteiger partial charge in [-0.1, -0.05) is 12.1 Å². The van der Waals surface area contributed by atoms with E-state index in [1.807, 2.05) is 12.1 Å². The minimum Gasteiger partial charge on any atom is -0.508 e. The van der Waals surface area contributed by atoms with E-state index in [2.05, 4.69) is 0 Å². The van der Waals surface area contributed by atoms with Crippen molar-refractivity contribution in [1.29, 1.82) is 0 Å². The molecule has 2 rings (SSSR count). The van der Waals surface area contributed by atoms with Crippen LogP contribution in [-0.2, 0) is 9.53 Å². The van der Waals surface area contributed by atoms with Crippen LogP contribution >= 0.6 is 0 Å². The quantitative estimate of drug-likeness (QED) is 0.835. The van der Waals surface area contributed by atoms with Crippen LogP contribution in [0.2, 0.25) is 0 Å². The average Bonchev–Trinajstić information content (AvgIpc) is 2.40. The minimum atomic E-state index is -0.0944. The maximum atomic E-state index is 11.2. The van der Waals surface area contributed by atoms with Gasteiger partial charge >= 0.3 is 5.97 Å². The number of carbonyl (C=O) groups excluding carboxylic acids is 1. The lowest BCUT2D eigenvalue weighted by molar-refractivity contribution is -0.142. The van der Waals surface area contributed by atoms with Gasteiger partial charge in [0.2, 0.25) is 0 Å². The maximum Gasteiger partial charge on any atom is 0.305 e. The molecule has 1 fully saturated rings. The number of rotatable bonds is 3. The molecule has 1 aromatic carbocycles. The predicted octanol–water partition coefficient (Wildman–Crippen LogP) is 3.23. The fourth-order valence-electron chi connectivity index (χ4n) is 2.77. The summed E-state index contributed by atoms with van der Waals surface area (Å²) in [6.45, 7) is 0. The number of carbonyl (C=O) groups is 1. The van der Waals surface area contributed by atoms with Crippen LogP contribution in [0.15, 0.2) is 24.3 Å². The highest BCUT2D eigenvalue weighted by Gasteiger charge is 2.24. The van der Waals surface area contributed by atoms with Gasteiger partial charge in [-0.25, -0.2) is 0 Å². The average molecular weight is 248 g/mol. The highest BCUT2D eigenvalue weighted by Crippen LogP contribution is 2.37. The molecular formula is C15H20O3. The summed E-state index contributed by atoms with van der Waals surface area (Å²) in [5.41, 5.74) is 1.30. The molecule has 3 heteroatoms. The molecule has 0 amide bonds. The van der Waals surface area contributed by atoms with Gasteiger partial charge in [0.15, 0.2) is 0 Å². The zero-order valence-corrected chi connectivity index (χ0v) is 10.8. The molecule has 1 aromatic rings. The molecule has 1 N–H and O–H groups in total. The van der Waals surface area contributed by atoms with Crippen molar-refractivity contribution < 1.29 is 14.6 Å². The molecule has 0 spiro atoms. The smallest absolute Gasteiger partial charge is 0.305 e. The molecule has 0 bridgehead atoms. The summed E-state index contributed by atoms with van der Waals surface area (Å²) >= 11 is 0. The Bertz CT molecular complexity index is 389. The van der Waals surface area contributed by atoms with E-state index in [0.717, 1.165) is 25.7 Å². The molecule has 98 valence electrons. The Morgan fingerprint density at radius 2 is 1.83 bits per heavy atom. The molecule has 0 atom stereocenters. The molecule has 1 saturated carbocycles. The van der Waals surface area contributed by atoms with Crippen LogP contribution in [0.3, 0.4) is 0 Å². The predicted molar refractivity (Wildman–Crippen MR) is 69.4 cm³/mol. The largest absolute Gasteiger partial charge is 0.508 e. The molecule has 18 heavy (non-hydrogen) atoms. The number of hydrogen-bond donors (Lipinski definition) is 1. The summed E-state index contributed by atoms with van der Waals surface area (Å²) in [7, 11) is 1.45. The van der Waals surface area contributed by atoms with Gasteiger partial charge in [0.1, 0.15) is 5.75 Å². The monoisotopic (exact) mass is 248 g/mol. The Kier molecular flexibility index (Phi) is 4.24. The van der Waals surface area contributed by atoms with Crippen molar-refractivity contribution in [2.45, 2.75) is 38.0 Å². The second kappa shape index (κ2) is 5.89. The van der Waals surface area contributed by atoms with E-state index in [4.69, 9.17) is 4.74 Å². The number of phenolic OH excluding ortho intramolecular Hbond substituents is 1. The summed E-state index contributed by atoms with van der Waals surface area (Å²) in [5, 5.41) is 9.27. The number of esters is 1. The number of methoxy groups -OCH3 is 1. The number of aromatic hydroxyl groups is 1. The zero-order valence-electron chi connectivity index (χ0n) is 10.8. The summed E-state index contributed by atoms with van der Waals surface area (Å²) in [6.07, 6.45) is 4.96. The summed E-state index contributed by atoms with van der Waals surface area (Å²) in [6, 6.07) is 7.49. The Morgan fingerprint density at radius 3 is 2.39 bits per heavy atom. The molecule has 1 aliphatic carbocycles. The maximum absolute atomic E-state index is 11.2. The van der Waals surface area contributed by atoms with Crippen LogP contribution in [0.25, 0.3) is 0 Å². The van der Waals surface area contributed by atoms with Crippen LogP contribution in [-0.4, -0.2) is 18.2 Å². The minimum absolute atomic E-state index is 0.0944. The van der Waals surface area contributed by atoms with Gasteiger partial charge in [0, 0.05) is 6.42 Å². The summed E-state index contributed by atoms with van der Waals surface area (Å²) in [5.74, 6) is 1.27. The second-order valence-corrected chi connectivity index (χ2v) is 5.09. The first-order valence-electron chi connectivity index (χ1n) is 6.54. The first kappa shape index (κ1) is 12.9. The highest BCUT2D eigenvalue weighted by molar-refractivity contribution is 5.69. The number of ether oxygens (including phenoxy) is 1. The third kappa shape index (κ3) is 3.25. The van der Waals surface area contributed by atoms with E-state index in [-0.39, 0.29) is 5.97 Å². The Balaban J connectivity index is 1.86. The van der Waals surface area contributed by atoms with Crippen LogP contribution in [0, 0.1) is 5.92 Å². The second-order valence-electron chi connectivity index (χ2n) is 5.09. The Morgan fingerprint density at radius 1 is 1.22 bits per heavy atom. The molecule has 0 aromatic heterocycles. The van der Waals surface area contributed by atoms with E-state index in [9.17, 15) is 9.90 Å². The molecule has 0 radical (unpaired) electrons. The number of hydrogen-bond acceptors (Lipinski definition) is 3. The van der Waals surface area contributed by atoms with Gasteiger partial charge in [-0.05, 0) is 55.2 Å². The van der Waals surface area contributed by atoms with Crippen molar-refractivity contribution in [3.8, 4) is 5.75 Å². The Hall–Kier alpha value is -1.51. The van der Waals surface area contributed by atoms with Crippen molar-refractivity contribution in [3.63, 3.8) is 0 Å². The zero-order chi connectivity index (χ0) is 13.0. The summed E-state index contributed by atoms with van der Waals surface area (Å²) in [4.78, 5) is 11.2. The van der Waals surface area contributed by atoms with Crippen LogP contribution in [0.5, 0.6) is 5.75 Å². The summed E-state index contributed by atoms with van der Waals surface area (Å²) < 4.78 is 4.71. The SMILES string of the molecule is COC(=O)CC1CCC(c2ccc(O)cc2)CC1. The third-order valence-corrected chi connectivity index (χ3v) is 3.89. The lowest BCUT2D eigenvalue weighted by Crippen LogP contribution is -2.17. The lowest BCUT2D eigenvalue weighted by atomic mass is 9.77. The van der Waals surface area contributed by atoms with Crippen molar-refractivity contribution in [2.75, 3.05) is 7.11 Å². The lowest BCUT2D eigenvalue weighted by Gasteiger charge is -2.28. The standard InChI is InChI=1S/C15H20O3/c1-18-15(17)10-11-2-4-12(5-3-11)13-6-8-14(16)9-7-13/h6-9,11-12,16H,2-5,10H2,1H3. The van der Waals surface area contributed by atoms with Crippen LogP contribution in [0.4, 0.5) is 0 Å². The first-order chi connectivity index (χ1) is 8.69. The van der Waals surface area contributed by atoms with Gasteiger partial charge in [-0.15, -0.1) is 0 Å². The Labute approximate surface area is 108 Å². The molecule has 1 aliphatic rings. The molecule has 0 unspecified atom stereocenters. The molecule has 3 nitrogen and oxygen atoms in total. The van der Waals surface area contributed by atoms with Gasteiger partial charge < -0.3 is 9.84 Å². The fraction of sp³-hybridized carbons (Fsp3) is 0.533. The number of phenols is 1. The normalized spacial score (nSPS) is 23.6. The molecule has 0 heterocycles. The van der Waals surface area contributed by atoms with Crippen molar-refractivity contribution in [3.05, 3.63) is 29.8 Å². The first-order valence-corrected chi connectivity index (χ1v) is 6.54.